The van der Waals surface area contributed by atoms with E-state index in [1.165, 1.54) is 10.9 Å². The zero-order valence-electron chi connectivity index (χ0n) is 15.1. The van der Waals surface area contributed by atoms with E-state index in [1.54, 1.807) is 0 Å². The van der Waals surface area contributed by atoms with Crippen molar-refractivity contribution in [3.8, 4) is 0 Å². The van der Waals surface area contributed by atoms with E-state index in [1.807, 2.05) is 0 Å². The normalized spacial score (nSPS) is 19.9. The Morgan fingerprint density at radius 3 is 2.30 bits per heavy atom. The molecular formula is C18H27BN2O2. The topological polar surface area (TPSA) is 26.6 Å². The van der Waals surface area contributed by atoms with Gasteiger partial charge in [-0.15, -0.1) is 0 Å². The monoisotopic (exact) mass is 314 g/mol. The van der Waals surface area contributed by atoms with Crippen molar-refractivity contribution in [3.63, 3.8) is 0 Å². The zero-order chi connectivity index (χ0) is 16.8. The van der Waals surface area contributed by atoms with Crippen LogP contribution >= 0.6 is 0 Å². The van der Waals surface area contributed by atoms with Gasteiger partial charge in [-0.3, -0.25) is 0 Å². The molecule has 1 fully saturated rings. The second kappa shape index (κ2) is 5.65. The highest BCUT2D eigenvalue weighted by Gasteiger charge is 2.51. The molecule has 0 radical (unpaired) electrons. The van der Waals surface area contributed by atoms with Crippen molar-refractivity contribution in [2.75, 3.05) is 20.6 Å². The Labute approximate surface area is 139 Å². The van der Waals surface area contributed by atoms with E-state index in [0.717, 1.165) is 18.6 Å². The van der Waals surface area contributed by atoms with Crippen molar-refractivity contribution in [1.29, 1.82) is 0 Å². The van der Waals surface area contributed by atoms with Crippen molar-refractivity contribution >= 4 is 23.5 Å². The van der Waals surface area contributed by atoms with Crippen LogP contribution in [0, 0.1) is 0 Å². The maximum Gasteiger partial charge on any atom is 0.494 e. The summed E-state index contributed by atoms with van der Waals surface area (Å²) in [6, 6.07) is 8.64. The molecule has 5 heteroatoms. The Hall–Kier alpha value is -1.30. The number of aromatic nitrogens is 1. The minimum absolute atomic E-state index is 0.297. The number of benzene rings is 1. The molecule has 0 unspecified atom stereocenters. The second-order valence-corrected chi connectivity index (χ2v) is 7.72. The summed E-state index contributed by atoms with van der Waals surface area (Å²) in [6.45, 7) is 10.4. The van der Waals surface area contributed by atoms with Crippen LogP contribution in [0.1, 0.15) is 27.7 Å². The largest absolute Gasteiger partial charge is 0.494 e. The fraction of sp³-hybridized carbons (Fsp3) is 0.556. The van der Waals surface area contributed by atoms with Crippen molar-refractivity contribution in [3.05, 3.63) is 30.5 Å². The predicted molar refractivity (Wildman–Crippen MR) is 96.2 cm³/mol. The summed E-state index contributed by atoms with van der Waals surface area (Å²) in [5.41, 5.74) is 1.74. The smallest absolute Gasteiger partial charge is 0.399 e. The standard InChI is InChI=1S/C18H27BN2O2/c1-17(2)18(3,4)23-19(22-17)15-7-8-16-14(13-15)9-10-21(16)12-11-20(5)6/h7-10,13H,11-12H2,1-6H3. The van der Waals surface area contributed by atoms with Crippen LogP contribution in [-0.2, 0) is 15.9 Å². The number of likely N-dealkylation sites (N-methyl/N-ethyl adjacent to an activating group) is 1. The SMILES string of the molecule is CN(C)CCn1ccc2cc(B3OC(C)(C)C(C)(C)O3)ccc21. The van der Waals surface area contributed by atoms with Gasteiger partial charge in [-0.25, -0.2) is 0 Å². The third kappa shape index (κ3) is 3.05. The lowest BCUT2D eigenvalue weighted by Crippen LogP contribution is -2.41. The molecule has 2 aromatic rings. The van der Waals surface area contributed by atoms with Crippen LogP contribution in [0.4, 0.5) is 0 Å². The summed E-state index contributed by atoms with van der Waals surface area (Å²) >= 11 is 0. The summed E-state index contributed by atoms with van der Waals surface area (Å²) in [7, 11) is 3.90. The Balaban J connectivity index is 1.85. The van der Waals surface area contributed by atoms with Gasteiger partial charge in [-0.05, 0) is 64.8 Å². The fourth-order valence-corrected chi connectivity index (χ4v) is 2.85. The summed E-state index contributed by atoms with van der Waals surface area (Å²) in [6.07, 6.45) is 2.15. The molecule has 0 bridgehead atoms. The Morgan fingerprint density at radius 1 is 1.04 bits per heavy atom. The van der Waals surface area contributed by atoms with Crippen LogP contribution < -0.4 is 5.46 Å². The first-order chi connectivity index (χ1) is 10.7. The van der Waals surface area contributed by atoms with Crippen molar-refractivity contribution in [2.45, 2.75) is 45.4 Å². The van der Waals surface area contributed by atoms with Gasteiger partial charge in [0.2, 0.25) is 0 Å². The molecule has 23 heavy (non-hydrogen) atoms. The van der Waals surface area contributed by atoms with Crippen LogP contribution in [0.3, 0.4) is 0 Å². The molecule has 0 aliphatic carbocycles. The molecule has 1 aromatic carbocycles. The third-order valence-electron chi connectivity index (χ3n) is 5.11. The zero-order valence-corrected chi connectivity index (χ0v) is 15.1. The molecule has 1 saturated heterocycles. The van der Waals surface area contributed by atoms with E-state index in [9.17, 15) is 0 Å². The first-order valence-corrected chi connectivity index (χ1v) is 8.29. The van der Waals surface area contributed by atoms with Crippen molar-refractivity contribution in [1.82, 2.24) is 9.47 Å². The van der Waals surface area contributed by atoms with Gasteiger partial charge in [-0.1, -0.05) is 12.1 Å². The second-order valence-electron chi connectivity index (χ2n) is 7.72. The highest BCUT2D eigenvalue weighted by atomic mass is 16.7. The molecule has 4 nitrogen and oxygen atoms in total. The lowest BCUT2D eigenvalue weighted by Gasteiger charge is -2.32. The average Bonchev–Trinajstić information content (AvgIpc) is 2.94. The van der Waals surface area contributed by atoms with Gasteiger partial charge in [0.05, 0.1) is 11.2 Å². The number of hydrogen-bond acceptors (Lipinski definition) is 3. The minimum Gasteiger partial charge on any atom is -0.399 e. The molecule has 124 valence electrons. The van der Waals surface area contributed by atoms with E-state index in [-0.39, 0.29) is 18.3 Å². The van der Waals surface area contributed by atoms with E-state index in [2.05, 4.69) is 81.7 Å². The van der Waals surface area contributed by atoms with Gasteiger partial charge >= 0.3 is 7.12 Å². The van der Waals surface area contributed by atoms with Gasteiger partial charge in [0.15, 0.2) is 0 Å². The summed E-state index contributed by atoms with van der Waals surface area (Å²) in [5, 5.41) is 1.23. The molecule has 0 amide bonds. The number of fused-ring (bicyclic) bond motifs is 1. The molecule has 1 aliphatic heterocycles. The van der Waals surface area contributed by atoms with Gasteiger partial charge in [0.1, 0.15) is 0 Å². The van der Waals surface area contributed by atoms with Crippen LogP contribution in [0.25, 0.3) is 10.9 Å². The first-order valence-electron chi connectivity index (χ1n) is 8.29. The van der Waals surface area contributed by atoms with Crippen molar-refractivity contribution < 1.29 is 9.31 Å². The number of hydrogen-bond donors (Lipinski definition) is 0. The summed E-state index contributed by atoms with van der Waals surface area (Å²) < 4.78 is 14.6. The van der Waals surface area contributed by atoms with Crippen LogP contribution in [-0.4, -0.2) is 48.4 Å². The maximum absolute atomic E-state index is 6.15. The van der Waals surface area contributed by atoms with Crippen LogP contribution in [0.15, 0.2) is 30.5 Å². The fourth-order valence-electron chi connectivity index (χ4n) is 2.85. The molecule has 0 saturated carbocycles. The molecular weight excluding hydrogens is 287 g/mol. The molecule has 0 spiro atoms. The molecule has 1 aromatic heterocycles. The van der Waals surface area contributed by atoms with Gasteiger partial charge < -0.3 is 18.8 Å². The van der Waals surface area contributed by atoms with Crippen molar-refractivity contribution in [2.24, 2.45) is 0 Å². The average molecular weight is 314 g/mol. The van der Waals surface area contributed by atoms with E-state index in [0.29, 0.717) is 0 Å². The number of rotatable bonds is 4. The summed E-state index contributed by atoms with van der Waals surface area (Å²) in [4.78, 5) is 2.20. The van der Waals surface area contributed by atoms with Gasteiger partial charge in [0, 0.05) is 24.8 Å². The Kier molecular flexibility index (Phi) is 4.07. The van der Waals surface area contributed by atoms with E-state index < -0.39 is 0 Å². The number of nitrogens with zero attached hydrogens (tertiary/aromatic N) is 2. The lowest BCUT2D eigenvalue weighted by atomic mass is 9.79. The van der Waals surface area contributed by atoms with Gasteiger partial charge in [0.25, 0.3) is 0 Å². The molecule has 1 aliphatic rings. The van der Waals surface area contributed by atoms with Gasteiger partial charge in [-0.2, -0.15) is 0 Å². The first kappa shape index (κ1) is 16.6. The van der Waals surface area contributed by atoms with E-state index in [4.69, 9.17) is 9.31 Å². The lowest BCUT2D eigenvalue weighted by molar-refractivity contribution is 0.00578. The molecule has 3 rings (SSSR count). The van der Waals surface area contributed by atoms with Crippen LogP contribution in [0.2, 0.25) is 0 Å². The highest BCUT2D eigenvalue weighted by molar-refractivity contribution is 6.62. The maximum atomic E-state index is 6.15. The Morgan fingerprint density at radius 2 is 1.70 bits per heavy atom. The minimum atomic E-state index is -0.301. The Bertz CT molecular complexity index is 690. The van der Waals surface area contributed by atoms with Crippen LogP contribution in [0.5, 0.6) is 0 Å². The quantitative estimate of drug-likeness (QED) is 0.811. The molecule has 0 N–H and O–H groups in total. The molecule has 0 atom stereocenters. The molecule has 2 heterocycles. The van der Waals surface area contributed by atoms with E-state index >= 15 is 0 Å². The summed E-state index contributed by atoms with van der Waals surface area (Å²) in [5.74, 6) is 0. The highest BCUT2D eigenvalue weighted by Crippen LogP contribution is 2.36. The third-order valence-corrected chi connectivity index (χ3v) is 5.11. The predicted octanol–water partition coefficient (Wildman–Crippen LogP) is 2.50.